The molecule has 0 saturated heterocycles. The van der Waals surface area contributed by atoms with E-state index in [9.17, 15) is 9.00 Å². The topological polar surface area (TPSA) is 72.2 Å². The van der Waals surface area contributed by atoms with Crippen LogP contribution >= 0.6 is 0 Å². The summed E-state index contributed by atoms with van der Waals surface area (Å²) in [6, 6.07) is 5.07. The average molecular weight is 306 g/mol. The van der Waals surface area contributed by atoms with Gasteiger partial charge in [-0.1, -0.05) is 0 Å². The Bertz CT molecular complexity index is 719. The second-order valence-corrected chi connectivity index (χ2v) is 7.09. The van der Waals surface area contributed by atoms with Gasteiger partial charge in [-0.25, -0.2) is 9.78 Å². The zero-order chi connectivity index (χ0) is 15.0. The van der Waals surface area contributed by atoms with Gasteiger partial charge < -0.3 is 9.67 Å². The van der Waals surface area contributed by atoms with Crippen molar-refractivity contribution in [3.05, 3.63) is 29.6 Å². The Hall–Kier alpha value is -1.69. The monoisotopic (exact) mass is 306 g/mol. The van der Waals surface area contributed by atoms with Crippen molar-refractivity contribution in [2.45, 2.75) is 31.7 Å². The molecule has 21 heavy (non-hydrogen) atoms. The van der Waals surface area contributed by atoms with Crippen LogP contribution in [0.15, 0.2) is 18.2 Å². The molecule has 2 aromatic rings. The van der Waals surface area contributed by atoms with Crippen LogP contribution in [0.25, 0.3) is 11.0 Å². The third-order valence-corrected chi connectivity index (χ3v) is 4.64. The summed E-state index contributed by atoms with van der Waals surface area (Å²) in [5.41, 5.74) is 2.00. The van der Waals surface area contributed by atoms with Gasteiger partial charge >= 0.3 is 5.97 Å². The highest BCUT2D eigenvalue weighted by atomic mass is 32.2. The van der Waals surface area contributed by atoms with Gasteiger partial charge in [-0.05, 0) is 37.5 Å². The molecule has 1 N–H and O–H groups in total. The highest BCUT2D eigenvalue weighted by Crippen LogP contribution is 2.40. The van der Waals surface area contributed by atoms with Crippen LogP contribution in [0, 0.1) is 0 Å². The van der Waals surface area contributed by atoms with Crippen LogP contribution in [-0.4, -0.2) is 36.8 Å². The largest absolute Gasteiger partial charge is 0.478 e. The number of carboxylic acids is 1. The van der Waals surface area contributed by atoms with Crippen molar-refractivity contribution in [2.24, 2.45) is 0 Å². The summed E-state index contributed by atoms with van der Waals surface area (Å²) >= 11 is 0. The number of hydrogen-bond donors (Lipinski definition) is 1. The molecule has 1 aliphatic rings. The molecule has 0 spiro atoms. The lowest BCUT2D eigenvalue weighted by atomic mass is 10.2. The van der Waals surface area contributed by atoms with E-state index in [0.29, 0.717) is 11.7 Å². The van der Waals surface area contributed by atoms with Gasteiger partial charge in [0.05, 0.1) is 16.6 Å². The molecule has 1 aliphatic carbocycles. The van der Waals surface area contributed by atoms with Crippen molar-refractivity contribution in [1.29, 1.82) is 0 Å². The predicted molar refractivity (Wildman–Crippen MR) is 82.2 cm³/mol. The molecule has 5 nitrogen and oxygen atoms in total. The zero-order valence-electron chi connectivity index (χ0n) is 11.9. The van der Waals surface area contributed by atoms with Gasteiger partial charge in [-0.3, -0.25) is 4.21 Å². The molecule has 1 aromatic carbocycles. The van der Waals surface area contributed by atoms with Crippen molar-refractivity contribution >= 4 is 27.8 Å². The lowest BCUT2D eigenvalue weighted by Gasteiger charge is -2.08. The van der Waals surface area contributed by atoms with Gasteiger partial charge in [-0.15, -0.1) is 0 Å². The first-order chi connectivity index (χ1) is 10.1. The quantitative estimate of drug-likeness (QED) is 0.889. The van der Waals surface area contributed by atoms with Gasteiger partial charge in [0.15, 0.2) is 0 Å². The molecule has 3 rings (SSSR count). The highest BCUT2D eigenvalue weighted by Gasteiger charge is 2.29. The predicted octanol–water partition coefficient (Wildman–Crippen LogP) is 2.38. The second kappa shape index (κ2) is 5.60. The van der Waals surface area contributed by atoms with E-state index in [1.807, 2.05) is 0 Å². The van der Waals surface area contributed by atoms with E-state index >= 15 is 0 Å². The van der Waals surface area contributed by atoms with E-state index in [0.717, 1.165) is 42.7 Å². The summed E-state index contributed by atoms with van der Waals surface area (Å²) in [7, 11) is -0.802. The molecule has 0 amide bonds. The Morgan fingerprint density at radius 3 is 2.86 bits per heavy atom. The summed E-state index contributed by atoms with van der Waals surface area (Å²) in [6.07, 6.45) is 4.81. The minimum atomic E-state index is -0.924. The van der Waals surface area contributed by atoms with Crippen molar-refractivity contribution in [1.82, 2.24) is 9.55 Å². The summed E-state index contributed by atoms with van der Waals surface area (Å²) in [5, 5.41) is 9.14. The Labute approximate surface area is 125 Å². The maximum Gasteiger partial charge on any atom is 0.335 e. The van der Waals surface area contributed by atoms with E-state index in [1.165, 1.54) is 0 Å². The number of imidazole rings is 1. The number of hydrogen-bond acceptors (Lipinski definition) is 3. The number of benzene rings is 1. The zero-order valence-corrected chi connectivity index (χ0v) is 12.7. The third kappa shape index (κ3) is 3.00. The fraction of sp³-hybridized carbons (Fsp3) is 0.467. The molecular weight excluding hydrogens is 288 g/mol. The minimum absolute atomic E-state index is 0.282. The van der Waals surface area contributed by atoms with Crippen LogP contribution in [0.5, 0.6) is 0 Å². The van der Waals surface area contributed by atoms with Crippen LogP contribution in [0.1, 0.15) is 41.4 Å². The van der Waals surface area contributed by atoms with Crippen LogP contribution in [0.2, 0.25) is 0 Å². The van der Waals surface area contributed by atoms with E-state index in [4.69, 9.17) is 5.11 Å². The SMILES string of the molecule is CS(=O)CCCn1c(C2CC2)nc2ccc(C(=O)O)cc21. The van der Waals surface area contributed by atoms with Crippen LogP contribution in [-0.2, 0) is 17.3 Å². The Balaban J connectivity index is 1.99. The first kappa shape index (κ1) is 14.3. The van der Waals surface area contributed by atoms with Gasteiger partial charge in [0.2, 0.25) is 0 Å². The number of carbonyl (C=O) groups is 1. The summed E-state index contributed by atoms with van der Waals surface area (Å²) in [4.78, 5) is 15.8. The summed E-state index contributed by atoms with van der Waals surface area (Å²) < 4.78 is 13.3. The fourth-order valence-electron chi connectivity index (χ4n) is 2.59. The first-order valence-corrected chi connectivity index (χ1v) is 8.82. The molecule has 0 aliphatic heterocycles. The van der Waals surface area contributed by atoms with Crippen molar-refractivity contribution in [3.8, 4) is 0 Å². The fourth-order valence-corrected chi connectivity index (χ4v) is 3.12. The molecule has 0 radical (unpaired) electrons. The van der Waals surface area contributed by atoms with Crippen LogP contribution in [0.4, 0.5) is 0 Å². The maximum absolute atomic E-state index is 11.2. The number of aromatic nitrogens is 2. The molecule has 1 fully saturated rings. The van der Waals surface area contributed by atoms with E-state index in [1.54, 1.807) is 24.5 Å². The minimum Gasteiger partial charge on any atom is -0.478 e. The number of aryl methyl sites for hydroxylation is 1. The molecular formula is C15H18N2O3S. The standard InChI is InChI=1S/C15H18N2O3S/c1-21(20)8-2-7-17-13-9-11(15(18)19)5-6-12(13)16-14(17)10-3-4-10/h5-6,9-10H,2-4,7-8H2,1H3,(H,18,19). The summed E-state index contributed by atoms with van der Waals surface area (Å²) in [5.74, 6) is 1.28. The van der Waals surface area contributed by atoms with Gasteiger partial charge in [0.1, 0.15) is 5.82 Å². The lowest BCUT2D eigenvalue weighted by Crippen LogP contribution is -2.07. The molecule has 1 unspecified atom stereocenters. The molecule has 1 saturated carbocycles. The number of aromatic carboxylic acids is 1. The second-order valence-electron chi connectivity index (χ2n) is 5.54. The average Bonchev–Trinajstić information content (AvgIpc) is 3.21. The third-order valence-electron chi connectivity index (χ3n) is 3.78. The van der Waals surface area contributed by atoms with Crippen molar-refractivity contribution in [2.75, 3.05) is 12.0 Å². The lowest BCUT2D eigenvalue weighted by molar-refractivity contribution is 0.0697. The molecule has 1 heterocycles. The smallest absolute Gasteiger partial charge is 0.335 e. The normalized spacial score (nSPS) is 16.2. The van der Waals surface area contributed by atoms with E-state index in [-0.39, 0.29) is 5.56 Å². The number of carboxylic acid groups (broad SMARTS) is 1. The first-order valence-electron chi connectivity index (χ1n) is 7.10. The van der Waals surface area contributed by atoms with Gasteiger partial charge in [0, 0.05) is 35.3 Å². The molecule has 0 bridgehead atoms. The summed E-state index contributed by atoms with van der Waals surface area (Å²) in [6.45, 7) is 0.741. The Kier molecular flexibility index (Phi) is 3.80. The molecule has 6 heteroatoms. The van der Waals surface area contributed by atoms with Crippen LogP contribution < -0.4 is 0 Å². The van der Waals surface area contributed by atoms with Crippen LogP contribution in [0.3, 0.4) is 0 Å². The maximum atomic E-state index is 11.2. The number of nitrogens with zero attached hydrogens (tertiary/aromatic N) is 2. The van der Waals surface area contributed by atoms with Crippen molar-refractivity contribution in [3.63, 3.8) is 0 Å². The van der Waals surface area contributed by atoms with Crippen molar-refractivity contribution < 1.29 is 14.1 Å². The Morgan fingerprint density at radius 1 is 1.48 bits per heavy atom. The van der Waals surface area contributed by atoms with E-state index in [2.05, 4.69) is 9.55 Å². The van der Waals surface area contributed by atoms with Gasteiger partial charge in [0.25, 0.3) is 0 Å². The highest BCUT2D eigenvalue weighted by molar-refractivity contribution is 7.84. The number of rotatable bonds is 6. The molecule has 1 atom stereocenters. The Morgan fingerprint density at radius 2 is 2.24 bits per heavy atom. The number of fused-ring (bicyclic) bond motifs is 1. The molecule has 1 aromatic heterocycles. The molecule has 112 valence electrons. The van der Waals surface area contributed by atoms with Gasteiger partial charge in [-0.2, -0.15) is 0 Å². The van der Waals surface area contributed by atoms with E-state index < -0.39 is 16.8 Å².